The molecule has 1 aromatic heterocycles. The predicted molar refractivity (Wildman–Crippen MR) is 143 cm³/mol. The fourth-order valence-corrected chi connectivity index (χ4v) is 5.21. The molecule has 0 saturated heterocycles. The number of carbonyl (C=O) groups excluding carboxylic acids is 2. The van der Waals surface area contributed by atoms with Crippen LogP contribution in [-0.4, -0.2) is 16.7 Å². The van der Waals surface area contributed by atoms with E-state index in [2.05, 4.69) is 4.98 Å². The number of hydrogen-bond acceptors (Lipinski definition) is 3. The van der Waals surface area contributed by atoms with Gasteiger partial charge in [-0.15, -0.1) is 0 Å². The molecule has 0 bridgehead atoms. The molecule has 1 amide bonds. The van der Waals surface area contributed by atoms with Crippen LogP contribution in [-0.2, 0) is 11.2 Å². The summed E-state index contributed by atoms with van der Waals surface area (Å²) in [5, 5.41) is 0. The first-order chi connectivity index (χ1) is 18.4. The summed E-state index contributed by atoms with van der Waals surface area (Å²) < 4.78 is 28.1. The van der Waals surface area contributed by atoms with Gasteiger partial charge in [-0.3, -0.25) is 14.6 Å². The van der Waals surface area contributed by atoms with Crippen LogP contribution in [0.15, 0.2) is 91.1 Å². The Hall–Kier alpha value is -4.45. The predicted octanol–water partition coefficient (Wildman–Crippen LogP) is 6.61. The van der Waals surface area contributed by atoms with Crippen LogP contribution in [0.4, 0.5) is 8.78 Å². The van der Waals surface area contributed by atoms with Crippen molar-refractivity contribution >= 4 is 17.8 Å². The molecule has 5 rings (SSSR count). The number of benzene rings is 3. The van der Waals surface area contributed by atoms with Crippen LogP contribution in [0.5, 0.6) is 0 Å². The van der Waals surface area contributed by atoms with Crippen LogP contribution in [0.3, 0.4) is 0 Å². The highest BCUT2D eigenvalue weighted by atomic mass is 19.1. The Bertz CT molecular complexity index is 1530. The monoisotopic (exact) mass is 508 g/mol. The van der Waals surface area contributed by atoms with Crippen LogP contribution in [0.2, 0.25) is 0 Å². The minimum Gasteiger partial charge on any atom is -0.366 e. The molecular weight excluding hydrogens is 482 g/mol. The third-order valence-corrected chi connectivity index (χ3v) is 6.91. The van der Waals surface area contributed by atoms with Crippen molar-refractivity contribution in [2.75, 3.05) is 0 Å². The molecule has 1 unspecified atom stereocenters. The van der Waals surface area contributed by atoms with Crippen LogP contribution < -0.4 is 5.73 Å². The van der Waals surface area contributed by atoms with Gasteiger partial charge in [-0.2, -0.15) is 0 Å². The van der Waals surface area contributed by atoms with E-state index >= 15 is 0 Å². The highest BCUT2D eigenvalue weighted by molar-refractivity contribution is 5.94. The summed E-state index contributed by atoms with van der Waals surface area (Å²) in [6.07, 6.45) is 6.39. The first-order valence-electron chi connectivity index (χ1n) is 12.5. The number of pyridine rings is 1. The van der Waals surface area contributed by atoms with E-state index in [1.807, 2.05) is 48.6 Å². The third kappa shape index (κ3) is 5.59. The largest absolute Gasteiger partial charge is 0.366 e. The van der Waals surface area contributed by atoms with Gasteiger partial charge in [0.2, 0.25) is 5.91 Å². The summed E-state index contributed by atoms with van der Waals surface area (Å²) in [6, 6.07) is 21.9. The Morgan fingerprint density at radius 2 is 1.71 bits per heavy atom. The van der Waals surface area contributed by atoms with Crippen LogP contribution in [0, 0.1) is 11.6 Å². The Morgan fingerprint density at radius 3 is 2.50 bits per heavy atom. The van der Waals surface area contributed by atoms with E-state index in [4.69, 9.17) is 5.73 Å². The number of nitrogens with zero attached hydrogens (tertiary/aromatic N) is 1. The minimum atomic E-state index is -0.673. The highest BCUT2D eigenvalue weighted by Crippen LogP contribution is 2.36. The van der Waals surface area contributed by atoms with Gasteiger partial charge in [0.1, 0.15) is 17.4 Å². The summed E-state index contributed by atoms with van der Waals surface area (Å²) in [5.74, 6) is -2.33. The van der Waals surface area contributed by atoms with E-state index in [1.165, 1.54) is 12.1 Å². The molecule has 0 saturated carbocycles. The van der Waals surface area contributed by atoms with Gasteiger partial charge in [0.25, 0.3) is 0 Å². The molecule has 0 radical (unpaired) electrons. The van der Waals surface area contributed by atoms with Crippen LogP contribution in [0.1, 0.15) is 57.4 Å². The Labute approximate surface area is 219 Å². The second-order valence-electron chi connectivity index (χ2n) is 9.60. The maximum atomic E-state index is 14.0. The molecule has 1 aliphatic rings. The third-order valence-electron chi connectivity index (χ3n) is 6.91. The molecule has 2 atom stereocenters. The summed E-state index contributed by atoms with van der Waals surface area (Å²) >= 11 is 0. The molecule has 3 aromatic carbocycles. The number of rotatable bonds is 9. The first-order valence-corrected chi connectivity index (χ1v) is 12.5. The lowest BCUT2D eigenvalue weighted by Crippen LogP contribution is -2.15. The molecule has 1 aliphatic carbocycles. The first kappa shape index (κ1) is 25.2. The smallest absolute Gasteiger partial charge is 0.248 e. The number of primary amides is 1. The fourth-order valence-electron chi connectivity index (χ4n) is 5.21. The lowest BCUT2D eigenvalue weighted by molar-refractivity contribution is -0.119. The Morgan fingerprint density at radius 1 is 0.921 bits per heavy atom. The van der Waals surface area contributed by atoms with Gasteiger partial charge in [0, 0.05) is 48.1 Å². The molecular formula is C32H26F2N2O2. The number of hydrogen-bond donors (Lipinski definition) is 1. The zero-order valence-corrected chi connectivity index (χ0v) is 20.6. The molecule has 0 aliphatic heterocycles. The standard InChI is InChI=1S/C32H26F2N2O2/c33-26-14-20(15-27(34)19-26)13-25(18-28(37)17-23-11-10-21-5-1-2-8-29(21)23)31-30(9-4-12-36-31)22-6-3-7-24(16-22)32(35)38/h1-12,14-16,19,23,25H,13,17-18H2,(H2,35,38)/t23?,25-/m1/s1. The van der Waals surface area contributed by atoms with Crippen LogP contribution in [0.25, 0.3) is 17.2 Å². The maximum absolute atomic E-state index is 14.0. The van der Waals surface area contributed by atoms with Gasteiger partial charge in [-0.05, 0) is 59.0 Å². The lowest BCUT2D eigenvalue weighted by atomic mass is 9.84. The SMILES string of the molecule is NC(=O)c1cccc(-c2cccnc2[C@@H](CC(=O)CC2C=Cc3ccccc32)Cc2cc(F)cc(F)c2)c1. The molecule has 0 fully saturated rings. The lowest BCUT2D eigenvalue weighted by Gasteiger charge is -2.21. The van der Waals surface area contributed by atoms with Crippen molar-refractivity contribution in [3.63, 3.8) is 0 Å². The number of fused-ring (bicyclic) bond motifs is 1. The summed E-state index contributed by atoms with van der Waals surface area (Å²) in [6.45, 7) is 0. The number of allylic oxidation sites excluding steroid dienone is 1. The topological polar surface area (TPSA) is 73.1 Å². The second-order valence-corrected chi connectivity index (χ2v) is 9.60. The molecule has 4 nitrogen and oxygen atoms in total. The zero-order chi connectivity index (χ0) is 26.6. The Kier molecular flexibility index (Phi) is 7.22. The molecule has 2 N–H and O–H groups in total. The number of aromatic nitrogens is 1. The van der Waals surface area contributed by atoms with E-state index < -0.39 is 23.5 Å². The second kappa shape index (κ2) is 10.9. The normalized spacial score (nSPS) is 14.7. The number of amides is 1. The van der Waals surface area contributed by atoms with E-state index in [1.54, 1.807) is 30.5 Å². The van der Waals surface area contributed by atoms with E-state index in [0.717, 1.165) is 28.3 Å². The van der Waals surface area contributed by atoms with Gasteiger partial charge in [0.05, 0.1) is 5.69 Å². The van der Waals surface area contributed by atoms with Gasteiger partial charge >= 0.3 is 0 Å². The highest BCUT2D eigenvalue weighted by Gasteiger charge is 2.25. The molecule has 1 heterocycles. The molecule has 4 aromatic rings. The van der Waals surface area contributed by atoms with Crippen molar-refractivity contribution in [3.8, 4) is 11.1 Å². The summed E-state index contributed by atoms with van der Waals surface area (Å²) in [5.41, 5.74) is 10.6. The van der Waals surface area contributed by atoms with Crippen LogP contribution >= 0.6 is 0 Å². The molecule has 190 valence electrons. The summed E-state index contributed by atoms with van der Waals surface area (Å²) in [7, 11) is 0. The van der Waals surface area contributed by atoms with E-state index in [0.29, 0.717) is 23.2 Å². The number of nitrogens with two attached hydrogens (primary N) is 1. The maximum Gasteiger partial charge on any atom is 0.248 e. The van der Waals surface area contributed by atoms with Gasteiger partial charge in [-0.25, -0.2) is 8.78 Å². The average molecular weight is 509 g/mol. The van der Waals surface area contributed by atoms with Gasteiger partial charge in [0.15, 0.2) is 0 Å². The van der Waals surface area contributed by atoms with E-state index in [-0.39, 0.29) is 24.5 Å². The van der Waals surface area contributed by atoms with Crippen molar-refractivity contribution in [2.24, 2.45) is 5.73 Å². The van der Waals surface area contributed by atoms with Gasteiger partial charge in [-0.1, -0.05) is 54.6 Å². The van der Waals surface area contributed by atoms with Crippen molar-refractivity contribution in [2.45, 2.75) is 31.1 Å². The van der Waals surface area contributed by atoms with Crippen molar-refractivity contribution in [1.29, 1.82) is 0 Å². The number of Topliss-reactive ketones (excluding diaryl/α,β-unsaturated/α-hetero) is 1. The quantitative estimate of drug-likeness (QED) is 0.276. The number of ketones is 1. The fraction of sp³-hybridized carbons (Fsp3) is 0.156. The Balaban J connectivity index is 1.49. The van der Waals surface area contributed by atoms with Crippen molar-refractivity contribution < 1.29 is 18.4 Å². The molecule has 6 heteroatoms. The van der Waals surface area contributed by atoms with Crippen molar-refractivity contribution in [3.05, 3.63) is 131 Å². The number of carbonyl (C=O) groups is 2. The summed E-state index contributed by atoms with van der Waals surface area (Å²) in [4.78, 5) is 29.9. The van der Waals surface area contributed by atoms with Gasteiger partial charge < -0.3 is 5.73 Å². The molecule has 0 spiro atoms. The van der Waals surface area contributed by atoms with E-state index in [9.17, 15) is 18.4 Å². The molecule has 38 heavy (non-hydrogen) atoms. The number of halogens is 2. The average Bonchev–Trinajstić information content (AvgIpc) is 3.30. The van der Waals surface area contributed by atoms with Crippen molar-refractivity contribution in [1.82, 2.24) is 4.98 Å². The minimum absolute atomic E-state index is 0.0126. The zero-order valence-electron chi connectivity index (χ0n) is 20.6.